The molecular weight excluding hydrogens is 278 g/mol. The van der Waals surface area contributed by atoms with E-state index in [0.29, 0.717) is 37.3 Å². The van der Waals surface area contributed by atoms with Gasteiger partial charge in [0.2, 0.25) is 5.89 Å². The van der Waals surface area contributed by atoms with E-state index in [4.69, 9.17) is 4.52 Å². The van der Waals surface area contributed by atoms with Gasteiger partial charge in [0.15, 0.2) is 5.82 Å². The van der Waals surface area contributed by atoms with Gasteiger partial charge in [-0.2, -0.15) is 4.98 Å². The van der Waals surface area contributed by atoms with Gasteiger partial charge in [0, 0.05) is 12.6 Å². The minimum absolute atomic E-state index is 0.313. The molecule has 22 heavy (non-hydrogen) atoms. The number of aliphatic hydroxyl groups is 1. The van der Waals surface area contributed by atoms with Crippen molar-refractivity contribution in [3.8, 4) is 0 Å². The molecule has 1 unspecified atom stereocenters. The molecule has 0 saturated carbocycles. The Balaban J connectivity index is 2.03. The molecule has 0 bridgehead atoms. The molecule has 1 aromatic heterocycles. The van der Waals surface area contributed by atoms with Crippen LogP contribution in [0.3, 0.4) is 0 Å². The number of aryl methyl sites for hydroxylation is 1. The van der Waals surface area contributed by atoms with E-state index in [0.717, 1.165) is 0 Å². The molecule has 0 saturated heterocycles. The fourth-order valence-electron chi connectivity index (χ4n) is 2.38. The monoisotopic (exact) mass is 303 g/mol. The first-order valence-electron chi connectivity index (χ1n) is 7.73. The lowest BCUT2D eigenvalue weighted by atomic mass is 10.1. The van der Waals surface area contributed by atoms with E-state index in [1.54, 1.807) is 6.92 Å². The smallest absolute Gasteiger partial charge is 0.231 e. The molecule has 1 heterocycles. The van der Waals surface area contributed by atoms with Crippen LogP contribution in [0.4, 0.5) is 0 Å². The van der Waals surface area contributed by atoms with E-state index in [9.17, 15) is 5.11 Å². The number of hydrogen-bond donors (Lipinski definition) is 1. The Morgan fingerprint density at radius 2 is 1.95 bits per heavy atom. The molecule has 2 aromatic rings. The van der Waals surface area contributed by atoms with Crippen molar-refractivity contribution in [2.24, 2.45) is 0 Å². The van der Waals surface area contributed by atoms with Crippen molar-refractivity contribution in [3.05, 3.63) is 47.1 Å². The first-order valence-corrected chi connectivity index (χ1v) is 7.73. The number of aliphatic hydroxyl groups excluding tert-OH is 1. The van der Waals surface area contributed by atoms with Gasteiger partial charge in [-0.3, -0.25) is 4.90 Å². The zero-order valence-corrected chi connectivity index (χ0v) is 13.8. The number of rotatable bonds is 7. The number of hydrogen-bond acceptors (Lipinski definition) is 5. The minimum atomic E-state index is -0.374. The zero-order valence-electron chi connectivity index (χ0n) is 13.8. The van der Waals surface area contributed by atoms with Crippen molar-refractivity contribution < 1.29 is 9.63 Å². The summed E-state index contributed by atoms with van der Waals surface area (Å²) in [5.74, 6) is 1.29. The summed E-state index contributed by atoms with van der Waals surface area (Å²) in [5, 5.41) is 13.6. The van der Waals surface area contributed by atoms with Gasteiger partial charge >= 0.3 is 0 Å². The maximum absolute atomic E-state index is 9.57. The van der Waals surface area contributed by atoms with E-state index >= 15 is 0 Å². The molecule has 0 amide bonds. The molecule has 0 radical (unpaired) electrons. The molecule has 1 atom stereocenters. The van der Waals surface area contributed by atoms with Crippen LogP contribution in [0.2, 0.25) is 0 Å². The van der Waals surface area contributed by atoms with E-state index in [2.05, 4.69) is 47.9 Å². The Labute approximate surface area is 132 Å². The third kappa shape index (κ3) is 4.64. The summed E-state index contributed by atoms with van der Waals surface area (Å²) < 4.78 is 5.36. The average molecular weight is 303 g/mol. The van der Waals surface area contributed by atoms with Crippen LogP contribution in [0, 0.1) is 6.92 Å². The normalized spacial score (nSPS) is 13.0. The Hall–Kier alpha value is -1.72. The zero-order chi connectivity index (χ0) is 16.1. The Kier molecular flexibility index (Phi) is 5.69. The van der Waals surface area contributed by atoms with Crippen molar-refractivity contribution in [1.29, 1.82) is 0 Å². The summed E-state index contributed by atoms with van der Waals surface area (Å²) in [5.41, 5.74) is 2.42. The second-order valence-corrected chi connectivity index (χ2v) is 6.08. The van der Waals surface area contributed by atoms with E-state index < -0.39 is 0 Å². The quantitative estimate of drug-likeness (QED) is 0.851. The number of nitrogens with zero attached hydrogens (tertiary/aromatic N) is 3. The van der Waals surface area contributed by atoms with Crippen molar-refractivity contribution in [2.45, 2.75) is 52.8 Å². The highest BCUT2D eigenvalue weighted by Gasteiger charge is 2.16. The van der Waals surface area contributed by atoms with Gasteiger partial charge in [0.05, 0.1) is 19.1 Å². The number of aromatic nitrogens is 2. The predicted octanol–water partition coefficient (Wildman–Crippen LogP) is 2.56. The lowest BCUT2D eigenvalue weighted by Gasteiger charge is -2.26. The average Bonchev–Trinajstić information content (AvgIpc) is 2.87. The van der Waals surface area contributed by atoms with E-state index in [-0.39, 0.29) is 6.10 Å². The van der Waals surface area contributed by atoms with Gasteiger partial charge in [-0.05, 0) is 38.8 Å². The fourth-order valence-corrected chi connectivity index (χ4v) is 2.38. The van der Waals surface area contributed by atoms with Crippen molar-refractivity contribution in [3.63, 3.8) is 0 Å². The molecule has 0 aliphatic carbocycles. The Morgan fingerprint density at radius 1 is 1.23 bits per heavy atom. The summed E-state index contributed by atoms with van der Waals surface area (Å²) in [7, 11) is 0. The molecular formula is C17H25N3O2. The summed E-state index contributed by atoms with van der Waals surface area (Å²) in [6.07, 6.45) is 0.276. The van der Waals surface area contributed by atoms with Crippen LogP contribution < -0.4 is 0 Å². The first-order chi connectivity index (χ1) is 10.5. The van der Waals surface area contributed by atoms with Gasteiger partial charge in [-0.15, -0.1) is 0 Å². The molecule has 1 N–H and O–H groups in total. The minimum Gasteiger partial charge on any atom is -0.392 e. The van der Waals surface area contributed by atoms with Gasteiger partial charge in [-0.25, -0.2) is 0 Å². The molecule has 2 rings (SSSR count). The highest BCUT2D eigenvalue weighted by Crippen LogP contribution is 2.13. The predicted molar refractivity (Wildman–Crippen MR) is 85.5 cm³/mol. The molecule has 5 heteroatoms. The van der Waals surface area contributed by atoms with Crippen LogP contribution in [0.25, 0.3) is 0 Å². The highest BCUT2D eigenvalue weighted by molar-refractivity contribution is 5.27. The van der Waals surface area contributed by atoms with Crippen LogP contribution in [-0.2, 0) is 13.0 Å². The summed E-state index contributed by atoms with van der Waals surface area (Å²) in [4.78, 5) is 6.61. The second kappa shape index (κ2) is 7.51. The van der Waals surface area contributed by atoms with Gasteiger partial charge in [-0.1, -0.05) is 29.4 Å². The fraction of sp³-hybridized carbons (Fsp3) is 0.529. The van der Waals surface area contributed by atoms with Gasteiger partial charge < -0.3 is 9.63 Å². The summed E-state index contributed by atoms with van der Waals surface area (Å²) in [6.45, 7) is 9.23. The van der Waals surface area contributed by atoms with Crippen LogP contribution in [0.5, 0.6) is 0 Å². The standard InChI is InChI=1S/C17H25N3O2/c1-12(2)20(10-14(4)21)11-16-18-17(22-19-16)9-15-8-6-5-7-13(15)3/h5-8,12,14,21H,9-11H2,1-4H3. The first kappa shape index (κ1) is 16.6. The van der Waals surface area contributed by atoms with E-state index in [1.165, 1.54) is 11.1 Å². The second-order valence-electron chi connectivity index (χ2n) is 6.08. The van der Waals surface area contributed by atoms with Crippen LogP contribution in [-0.4, -0.2) is 38.8 Å². The van der Waals surface area contributed by atoms with Gasteiger partial charge in [0.1, 0.15) is 0 Å². The van der Waals surface area contributed by atoms with E-state index in [1.807, 2.05) is 12.1 Å². The largest absolute Gasteiger partial charge is 0.392 e. The Bertz CT molecular complexity index is 593. The van der Waals surface area contributed by atoms with Crippen molar-refractivity contribution in [1.82, 2.24) is 15.0 Å². The summed E-state index contributed by atoms with van der Waals surface area (Å²) in [6, 6.07) is 8.51. The molecule has 0 aliphatic rings. The van der Waals surface area contributed by atoms with Crippen molar-refractivity contribution in [2.75, 3.05) is 6.54 Å². The molecule has 0 spiro atoms. The van der Waals surface area contributed by atoms with Crippen LogP contribution >= 0.6 is 0 Å². The topological polar surface area (TPSA) is 62.4 Å². The van der Waals surface area contributed by atoms with Crippen LogP contribution in [0.15, 0.2) is 28.8 Å². The SMILES string of the molecule is Cc1ccccc1Cc1nc(CN(CC(C)O)C(C)C)no1. The molecule has 120 valence electrons. The molecule has 0 fully saturated rings. The Morgan fingerprint density at radius 3 is 2.59 bits per heavy atom. The van der Waals surface area contributed by atoms with Crippen LogP contribution in [0.1, 0.15) is 43.6 Å². The molecule has 0 aliphatic heterocycles. The summed E-state index contributed by atoms with van der Waals surface area (Å²) >= 11 is 0. The van der Waals surface area contributed by atoms with Crippen molar-refractivity contribution >= 4 is 0 Å². The maximum atomic E-state index is 9.57. The number of benzene rings is 1. The maximum Gasteiger partial charge on any atom is 0.231 e. The molecule has 5 nitrogen and oxygen atoms in total. The lowest BCUT2D eigenvalue weighted by Crippen LogP contribution is -2.36. The highest BCUT2D eigenvalue weighted by atomic mass is 16.5. The van der Waals surface area contributed by atoms with Gasteiger partial charge in [0.25, 0.3) is 0 Å². The third-order valence-electron chi connectivity index (χ3n) is 3.69. The molecule has 1 aromatic carbocycles. The third-order valence-corrected chi connectivity index (χ3v) is 3.69. The lowest BCUT2D eigenvalue weighted by molar-refractivity contribution is 0.100.